The van der Waals surface area contributed by atoms with E-state index in [2.05, 4.69) is 34.9 Å². The van der Waals surface area contributed by atoms with Crippen molar-refractivity contribution >= 4 is 18.0 Å². The SMILES string of the molecule is CCC(C)[C@H](NC(=O)CC1CC(CNC(=O)OCC2c3ccccc3-c3ccccc32)C1)C(=O)O. The number of alkyl carbamates (subject to hydrolysis) is 1. The molecule has 0 aromatic heterocycles. The number of benzene rings is 2. The molecule has 2 atom stereocenters. The maximum atomic E-state index is 12.4. The Balaban J connectivity index is 1.18. The van der Waals surface area contributed by atoms with E-state index in [1.807, 2.05) is 38.1 Å². The van der Waals surface area contributed by atoms with E-state index >= 15 is 0 Å². The number of amides is 2. The molecular formula is C28H34N2O5. The molecule has 0 saturated heterocycles. The van der Waals surface area contributed by atoms with Gasteiger partial charge in [0.05, 0.1) is 0 Å². The van der Waals surface area contributed by atoms with Gasteiger partial charge in [-0.25, -0.2) is 9.59 Å². The van der Waals surface area contributed by atoms with E-state index in [0.717, 1.165) is 12.8 Å². The summed E-state index contributed by atoms with van der Waals surface area (Å²) < 4.78 is 5.58. The number of carboxylic acid groups (broad SMARTS) is 1. The molecule has 1 unspecified atom stereocenters. The van der Waals surface area contributed by atoms with Crippen LogP contribution in [0.5, 0.6) is 0 Å². The number of fused-ring (bicyclic) bond motifs is 3. The van der Waals surface area contributed by atoms with E-state index in [0.29, 0.717) is 25.3 Å². The maximum Gasteiger partial charge on any atom is 0.407 e. The summed E-state index contributed by atoms with van der Waals surface area (Å²) in [6.07, 6.45) is 2.24. The topological polar surface area (TPSA) is 105 Å². The van der Waals surface area contributed by atoms with E-state index in [4.69, 9.17) is 4.74 Å². The number of nitrogens with one attached hydrogen (secondary N) is 2. The molecule has 3 N–H and O–H groups in total. The number of hydrogen-bond acceptors (Lipinski definition) is 4. The third-order valence-corrected chi connectivity index (χ3v) is 7.48. The predicted molar refractivity (Wildman–Crippen MR) is 133 cm³/mol. The molecular weight excluding hydrogens is 444 g/mol. The highest BCUT2D eigenvalue weighted by Gasteiger charge is 2.33. The normalized spacial score (nSPS) is 20.1. The van der Waals surface area contributed by atoms with Gasteiger partial charge in [0.15, 0.2) is 0 Å². The fraction of sp³-hybridized carbons (Fsp3) is 0.464. The summed E-state index contributed by atoms with van der Waals surface area (Å²) in [5.41, 5.74) is 4.75. The van der Waals surface area contributed by atoms with Gasteiger partial charge in [0, 0.05) is 18.9 Å². The minimum absolute atomic E-state index is 0.0322. The molecule has 0 radical (unpaired) electrons. The molecule has 0 bridgehead atoms. The van der Waals surface area contributed by atoms with Crippen molar-refractivity contribution < 1.29 is 24.2 Å². The molecule has 0 spiro atoms. The molecule has 2 aromatic rings. The van der Waals surface area contributed by atoms with Crippen LogP contribution >= 0.6 is 0 Å². The van der Waals surface area contributed by atoms with Crippen LogP contribution in [0.15, 0.2) is 48.5 Å². The Morgan fingerprint density at radius 1 is 1.00 bits per heavy atom. The lowest BCUT2D eigenvalue weighted by Crippen LogP contribution is -2.46. The average Bonchev–Trinajstić information content (AvgIpc) is 3.15. The Hall–Kier alpha value is -3.35. The van der Waals surface area contributed by atoms with E-state index in [1.54, 1.807) is 0 Å². The van der Waals surface area contributed by atoms with Crippen molar-refractivity contribution in [1.82, 2.24) is 10.6 Å². The number of hydrogen-bond donors (Lipinski definition) is 3. The lowest BCUT2D eigenvalue weighted by molar-refractivity contribution is -0.143. The van der Waals surface area contributed by atoms with Crippen LogP contribution in [-0.4, -0.2) is 42.3 Å². The van der Waals surface area contributed by atoms with Crippen LogP contribution in [0, 0.1) is 17.8 Å². The van der Waals surface area contributed by atoms with Gasteiger partial charge >= 0.3 is 12.1 Å². The summed E-state index contributed by atoms with van der Waals surface area (Å²) in [4.78, 5) is 36.0. The lowest BCUT2D eigenvalue weighted by atomic mass is 9.73. The zero-order chi connectivity index (χ0) is 24.9. The fourth-order valence-corrected chi connectivity index (χ4v) is 5.26. The van der Waals surface area contributed by atoms with Crippen molar-refractivity contribution in [2.45, 2.75) is 51.5 Å². The number of carbonyl (C=O) groups excluding carboxylic acids is 2. The van der Waals surface area contributed by atoms with Gasteiger partial charge in [0.2, 0.25) is 5.91 Å². The Bertz CT molecular complexity index is 1030. The summed E-state index contributed by atoms with van der Waals surface area (Å²) in [6, 6.07) is 15.6. The van der Waals surface area contributed by atoms with Crippen LogP contribution in [0.3, 0.4) is 0 Å². The molecule has 35 heavy (non-hydrogen) atoms. The second-order valence-electron chi connectivity index (χ2n) is 9.88. The molecule has 4 rings (SSSR count). The molecule has 7 nitrogen and oxygen atoms in total. The molecule has 186 valence electrons. The van der Waals surface area contributed by atoms with Crippen LogP contribution in [0.2, 0.25) is 0 Å². The van der Waals surface area contributed by atoms with Gasteiger partial charge in [0.25, 0.3) is 0 Å². The monoisotopic (exact) mass is 478 g/mol. The van der Waals surface area contributed by atoms with Crippen molar-refractivity contribution in [3.8, 4) is 11.1 Å². The van der Waals surface area contributed by atoms with Crippen LogP contribution in [0.4, 0.5) is 4.79 Å². The average molecular weight is 479 g/mol. The highest BCUT2D eigenvalue weighted by Crippen LogP contribution is 2.44. The number of aliphatic carboxylic acids is 1. The van der Waals surface area contributed by atoms with Crippen molar-refractivity contribution in [2.24, 2.45) is 17.8 Å². The van der Waals surface area contributed by atoms with E-state index in [-0.39, 0.29) is 30.3 Å². The first-order chi connectivity index (χ1) is 16.9. The largest absolute Gasteiger partial charge is 0.480 e. The quantitative estimate of drug-likeness (QED) is 0.464. The fourth-order valence-electron chi connectivity index (χ4n) is 5.26. The summed E-state index contributed by atoms with van der Waals surface area (Å²) in [7, 11) is 0. The van der Waals surface area contributed by atoms with Crippen LogP contribution in [0.1, 0.15) is 56.6 Å². The molecule has 2 aliphatic carbocycles. The zero-order valence-corrected chi connectivity index (χ0v) is 20.3. The first-order valence-corrected chi connectivity index (χ1v) is 12.5. The predicted octanol–water partition coefficient (Wildman–Crippen LogP) is 4.56. The molecule has 2 amide bonds. The Kier molecular flexibility index (Phi) is 7.73. The molecule has 2 aliphatic rings. The second kappa shape index (κ2) is 10.9. The standard InChI is InChI=1S/C28H34N2O5/c1-3-17(2)26(27(32)33)30-25(31)14-18-12-19(13-18)15-29-28(34)35-16-24-22-10-6-4-8-20(22)21-9-5-7-11-23(21)24/h4-11,17-19,24,26H,3,12-16H2,1-2H3,(H,29,34)(H,30,31)(H,32,33)/t17?,18?,19?,26-/m0/s1. The second-order valence-corrected chi connectivity index (χ2v) is 9.88. The van der Waals surface area contributed by atoms with E-state index in [9.17, 15) is 19.5 Å². The minimum atomic E-state index is -0.994. The third-order valence-electron chi connectivity index (χ3n) is 7.48. The minimum Gasteiger partial charge on any atom is -0.480 e. The Morgan fingerprint density at radius 3 is 2.17 bits per heavy atom. The smallest absolute Gasteiger partial charge is 0.407 e. The van der Waals surface area contributed by atoms with Gasteiger partial charge in [-0.15, -0.1) is 0 Å². The van der Waals surface area contributed by atoms with E-state index in [1.165, 1.54) is 22.3 Å². The maximum absolute atomic E-state index is 12.4. The highest BCUT2D eigenvalue weighted by molar-refractivity contribution is 5.84. The van der Waals surface area contributed by atoms with Crippen LogP contribution < -0.4 is 10.6 Å². The number of ether oxygens (including phenoxy) is 1. The first-order valence-electron chi connectivity index (χ1n) is 12.5. The van der Waals surface area contributed by atoms with E-state index < -0.39 is 18.1 Å². The van der Waals surface area contributed by atoms with Crippen molar-refractivity contribution in [3.63, 3.8) is 0 Å². The van der Waals surface area contributed by atoms with Gasteiger partial charge in [-0.05, 0) is 52.8 Å². The third kappa shape index (κ3) is 5.66. The number of carbonyl (C=O) groups is 3. The highest BCUT2D eigenvalue weighted by atomic mass is 16.5. The lowest BCUT2D eigenvalue weighted by Gasteiger charge is -2.35. The van der Waals surface area contributed by atoms with Gasteiger partial charge in [-0.3, -0.25) is 4.79 Å². The summed E-state index contributed by atoms with van der Waals surface area (Å²) >= 11 is 0. The number of rotatable bonds is 10. The Labute approximate surface area is 206 Å². The number of carboxylic acids is 1. The van der Waals surface area contributed by atoms with Crippen molar-refractivity contribution in [3.05, 3.63) is 59.7 Å². The summed E-state index contributed by atoms with van der Waals surface area (Å²) in [6.45, 7) is 4.54. The molecule has 0 heterocycles. The molecule has 0 aliphatic heterocycles. The van der Waals surface area contributed by atoms with Gasteiger partial charge in [-0.2, -0.15) is 0 Å². The molecule has 7 heteroatoms. The summed E-state index contributed by atoms with van der Waals surface area (Å²) in [5, 5.41) is 14.9. The molecule has 1 fully saturated rings. The van der Waals surface area contributed by atoms with Gasteiger partial charge < -0.3 is 20.5 Å². The van der Waals surface area contributed by atoms with Crippen molar-refractivity contribution in [2.75, 3.05) is 13.2 Å². The first kappa shape index (κ1) is 24.8. The molecule has 2 aromatic carbocycles. The van der Waals surface area contributed by atoms with Gasteiger partial charge in [-0.1, -0.05) is 68.8 Å². The zero-order valence-electron chi connectivity index (χ0n) is 20.3. The van der Waals surface area contributed by atoms with Gasteiger partial charge in [0.1, 0.15) is 12.6 Å². The summed E-state index contributed by atoms with van der Waals surface area (Å²) in [5.74, 6) is -0.775. The van der Waals surface area contributed by atoms with Crippen LogP contribution in [-0.2, 0) is 14.3 Å². The van der Waals surface area contributed by atoms with Crippen LogP contribution in [0.25, 0.3) is 11.1 Å². The Morgan fingerprint density at radius 2 is 1.60 bits per heavy atom. The van der Waals surface area contributed by atoms with Crippen molar-refractivity contribution in [1.29, 1.82) is 0 Å². The molecule has 1 saturated carbocycles.